The van der Waals surface area contributed by atoms with Gasteiger partial charge in [0.15, 0.2) is 5.03 Å². The molecule has 4 N–H and O–H groups in total. The highest BCUT2D eigenvalue weighted by atomic mass is 32.2. The molecule has 0 aliphatic carbocycles. The van der Waals surface area contributed by atoms with E-state index in [2.05, 4.69) is 10.3 Å². The van der Waals surface area contributed by atoms with Crippen LogP contribution in [0.3, 0.4) is 0 Å². The molecule has 0 aromatic carbocycles. The van der Waals surface area contributed by atoms with E-state index < -0.39 is 34.0 Å². The van der Waals surface area contributed by atoms with E-state index in [1.54, 1.807) is 26.0 Å². The highest BCUT2D eigenvalue weighted by Crippen LogP contribution is 2.20. The van der Waals surface area contributed by atoms with E-state index in [4.69, 9.17) is 5.73 Å². The largest absolute Gasteiger partial charge is 0.390 e. The lowest BCUT2D eigenvalue weighted by Gasteiger charge is -2.25. The second-order valence-corrected chi connectivity index (χ2v) is 9.09. The normalized spacial score (nSPS) is 22.2. The van der Waals surface area contributed by atoms with Crippen molar-refractivity contribution in [1.82, 2.24) is 14.6 Å². The third-order valence-corrected chi connectivity index (χ3v) is 6.65. The van der Waals surface area contributed by atoms with Crippen LogP contribution < -0.4 is 11.1 Å². The second kappa shape index (κ2) is 9.44. The second-order valence-electron chi connectivity index (χ2n) is 7.21. The summed E-state index contributed by atoms with van der Waals surface area (Å²) in [6.45, 7) is 3.47. The maximum Gasteiger partial charge on any atom is 0.260 e. The average molecular weight is 413 g/mol. The number of carbonyl (C=O) groups excluding carboxylic acids is 2. The molecule has 1 saturated heterocycles. The fourth-order valence-corrected chi connectivity index (χ4v) is 4.55. The Balaban J connectivity index is 2.00. The zero-order chi connectivity index (χ0) is 20.9. The summed E-state index contributed by atoms with van der Waals surface area (Å²) < 4.78 is 26.9. The Labute approximate surface area is 165 Å². The first-order valence-electron chi connectivity index (χ1n) is 9.32. The van der Waals surface area contributed by atoms with E-state index >= 15 is 0 Å². The molecule has 1 aliphatic heterocycles. The number of amides is 2. The van der Waals surface area contributed by atoms with E-state index in [0.717, 1.165) is 0 Å². The van der Waals surface area contributed by atoms with Gasteiger partial charge in [0, 0.05) is 31.1 Å². The molecule has 10 heteroatoms. The van der Waals surface area contributed by atoms with Crippen LogP contribution in [0.5, 0.6) is 0 Å². The van der Waals surface area contributed by atoms with Crippen molar-refractivity contribution < 1.29 is 23.1 Å². The molecule has 2 amide bonds. The summed E-state index contributed by atoms with van der Waals surface area (Å²) in [6.07, 6.45) is 0.335. The van der Waals surface area contributed by atoms with Crippen molar-refractivity contribution in [2.24, 2.45) is 11.7 Å². The number of rotatable bonds is 7. The summed E-state index contributed by atoms with van der Waals surface area (Å²) in [5.41, 5.74) is 5.77. The Morgan fingerprint density at radius 1 is 1.43 bits per heavy atom. The van der Waals surface area contributed by atoms with Gasteiger partial charge in [0.25, 0.3) is 10.0 Å². The van der Waals surface area contributed by atoms with Crippen molar-refractivity contribution >= 4 is 21.8 Å². The van der Waals surface area contributed by atoms with Gasteiger partial charge >= 0.3 is 0 Å². The van der Waals surface area contributed by atoms with Crippen molar-refractivity contribution in [2.75, 3.05) is 13.1 Å². The van der Waals surface area contributed by atoms with E-state index in [9.17, 15) is 23.1 Å². The molecular weight excluding hydrogens is 384 g/mol. The number of carbonyl (C=O) groups is 2. The number of hydrogen-bond donors (Lipinski definition) is 3. The summed E-state index contributed by atoms with van der Waals surface area (Å²) >= 11 is 0. The topological polar surface area (TPSA) is 143 Å². The summed E-state index contributed by atoms with van der Waals surface area (Å²) in [4.78, 5) is 27.2. The number of aliphatic hydroxyl groups is 1. The van der Waals surface area contributed by atoms with Gasteiger partial charge in [-0.1, -0.05) is 13.0 Å². The van der Waals surface area contributed by atoms with Gasteiger partial charge in [0.2, 0.25) is 11.8 Å². The molecule has 1 aromatic rings. The maximum atomic E-state index is 12.8. The third-order valence-electron chi connectivity index (χ3n) is 4.88. The zero-order valence-corrected chi connectivity index (χ0v) is 17.0. The number of aryl methyl sites for hydroxylation is 1. The van der Waals surface area contributed by atoms with Gasteiger partial charge < -0.3 is 16.2 Å². The van der Waals surface area contributed by atoms with Crippen LogP contribution in [0.4, 0.5) is 0 Å². The van der Waals surface area contributed by atoms with Crippen molar-refractivity contribution in [1.29, 1.82) is 0 Å². The molecule has 1 aromatic heterocycles. The predicted molar refractivity (Wildman–Crippen MR) is 102 cm³/mol. The Morgan fingerprint density at radius 2 is 2.14 bits per heavy atom. The number of nitrogens with zero attached hydrogens (tertiary/aromatic N) is 2. The summed E-state index contributed by atoms with van der Waals surface area (Å²) in [5.74, 6) is -1.17. The van der Waals surface area contributed by atoms with Crippen molar-refractivity contribution in [3.63, 3.8) is 0 Å². The zero-order valence-electron chi connectivity index (χ0n) is 16.2. The standard InChI is InChI=1S/C18H28N4O5S/c1-12(18(19)25)8-9-16(24)21-14-6-4-10-22(11-15(14)23)28(26,27)17-7-3-5-13(2)20-17/h3,5,7,12,14-15,23H,4,6,8-11H2,1-2H3,(H2,19,25)(H,21,24)/t12?,14?,15-/m0/s1. The summed E-state index contributed by atoms with van der Waals surface area (Å²) in [6, 6.07) is 4.21. The molecule has 0 bridgehead atoms. The first kappa shape index (κ1) is 22.3. The van der Waals surface area contributed by atoms with Gasteiger partial charge in [-0.15, -0.1) is 0 Å². The molecule has 28 heavy (non-hydrogen) atoms. The highest BCUT2D eigenvalue weighted by molar-refractivity contribution is 7.89. The minimum Gasteiger partial charge on any atom is -0.390 e. The number of hydrogen-bond acceptors (Lipinski definition) is 6. The van der Waals surface area contributed by atoms with Crippen LogP contribution >= 0.6 is 0 Å². The van der Waals surface area contributed by atoms with Crippen LogP contribution in [-0.2, 0) is 19.6 Å². The highest BCUT2D eigenvalue weighted by Gasteiger charge is 2.33. The van der Waals surface area contributed by atoms with Crippen LogP contribution in [0.25, 0.3) is 0 Å². The molecule has 2 rings (SSSR count). The fourth-order valence-electron chi connectivity index (χ4n) is 3.06. The van der Waals surface area contributed by atoms with Crippen molar-refractivity contribution in [2.45, 2.75) is 56.7 Å². The number of pyridine rings is 1. The first-order chi connectivity index (χ1) is 13.1. The maximum absolute atomic E-state index is 12.8. The minimum atomic E-state index is -3.83. The number of primary amides is 1. The Bertz CT molecular complexity index is 814. The number of β-amino-alcohol motifs (C(OH)–C–C–N with tert-alkyl or cyclic N) is 1. The van der Waals surface area contributed by atoms with Gasteiger partial charge in [0.05, 0.1) is 12.1 Å². The Morgan fingerprint density at radius 3 is 2.79 bits per heavy atom. The lowest BCUT2D eigenvalue weighted by atomic mass is 10.0. The van der Waals surface area contributed by atoms with Gasteiger partial charge in [-0.25, -0.2) is 13.4 Å². The summed E-state index contributed by atoms with van der Waals surface area (Å²) in [7, 11) is -3.83. The molecular formula is C18H28N4O5S. The van der Waals surface area contributed by atoms with Crippen molar-refractivity contribution in [3.8, 4) is 0 Å². The van der Waals surface area contributed by atoms with Crippen LogP contribution in [-0.4, -0.2) is 59.9 Å². The molecule has 0 saturated carbocycles. The van der Waals surface area contributed by atoms with Gasteiger partial charge in [-0.05, 0) is 38.3 Å². The molecule has 0 spiro atoms. The van der Waals surface area contributed by atoms with Crippen LogP contribution in [0, 0.1) is 12.8 Å². The Hall–Kier alpha value is -2.04. The Kier molecular flexibility index (Phi) is 7.50. The van der Waals surface area contributed by atoms with E-state index in [1.807, 2.05) is 0 Å². The number of nitrogens with two attached hydrogens (primary N) is 1. The number of nitrogens with one attached hydrogen (secondary N) is 1. The van der Waals surface area contributed by atoms with Gasteiger partial charge in [-0.2, -0.15) is 4.31 Å². The molecule has 156 valence electrons. The SMILES string of the molecule is Cc1cccc(S(=O)(=O)N2CCCC(NC(=O)CCC(C)C(N)=O)[C@@H](O)C2)n1. The average Bonchev–Trinajstić information content (AvgIpc) is 2.81. The summed E-state index contributed by atoms with van der Waals surface area (Å²) in [5, 5.41) is 13.2. The molecule has 2 unspecified atom stereocenters. The molecule has 0 radical (unpaired) electrons. The monoisotopic (exact) mass is 412 g/mol. The van der Waals surface area contributed by atoms with Crippen LogP contribution in [0.15, 0.2) is 23.2 Å². The number of aliphatic hydroxyl groups excluding tert-OH is 1. The molecule has 1 fully saturated rings. The van der Waals surface area contributed by atoms with Gasteiger partial charge in [-0.3, -0.25) is 9.59 Å². The van der Waals surface area contributed by atoms with Crippen LogP contribution in [0.1, 0.15) is 38.3 Å². The predicted octanol–water partition coefficient (Wildman–Crippen LogP) is -0.0782. The van der Waals surface area contributed by atoms with Crippen molar-refractivity contribution in [3.05, 3.63) is 23.9 Å². The third kappa shape index (κ3) is 5.73. The fraction of sp³-hybridized carbons (Fsp3) is 0.611. The van der Waals surface area contributed by atoms with E-state index in [-0.39, 0.29) is 30.4 Å². The van der Waals surface area contributed by atoms with E-state index in [1.165, 1.54) is 10.4 Å². The molecule has 2 heterocycles. The number of sulfonamides is 1. The van der Waals surface area contributed by atoms with E-state index in [0.29, 0.717) is 25.0 Å². The lowest BCUT2D eigenvalue weighted by Crippen LogP contribution is -2.47. The molecule has 3 atom stereocenters. The first-order valence-corrected chi connectivity index (χ1v) is 10.8. The quantitative estimate of drug-likeness (QED) is 0.572. The lowest BCUT2D eigenvalue weighted by molar-refractivity contribution is -0.124. The molecule has 9 nitrogen and oxygen atoms in total. The van der Waals surface area contributed by atoms with Gasteiger partial charge in [0.1, 0.15) is 0 Å². The molecule has 1 aliphatic rings. The van der Waals surface area contributed by atoms with Crippen LogP contribution in [0.2, 0.25) is 0 Å². The minimum absolute atomic E-state index is 0.0531. The smallest absolute Gasteiger partial charge is 0.260 e. The number of aromatic nitrogens is 1.